The van der Waals surface area contributed by atoms with Crippen LogP contribution in [0.25, 0.3) is 0 Å². The van der Waals surface area contributed by atoms with Crippen LogP contribution in [0.1, 0.15) is 22.3 Å². The van der Waals surface area contributed by atoms with Gasteiger partial charge in [-0.1, -0.05) is 23.9 Å². The molecular weight excluding hydrogens is 338 g/mol. The summed E-state index contributed by atoms with van der Waals surface area (Å²) in [5.74, 6) is -0.0980. The maximum Gasteiger partial charge on any atom is 0.289 e. The number of hydrogen-bond acceptors (Lipinski definition) is 5. The maximum atomic E-state index is 12.2. The molecule has 0 aliphatic carbocycles. The van der Waals surface area contributed by atoms with E-state index < -0.39 is 0 Å². The second-order valence-corrected chi connectivity index (χ2v) is 6.32. The Kier molecular flexibility index (Phi) is 6.04. The Labute approximate surface area is 144 Å². The molecular formula is C15H18ClN3O3S. The first-order valence-electron chi connectivity index (χ1n) is 7.21. The Morgan fingerprint density at radius 3 is 2.87 bits per heavy atom. The van der Waals surface area contributed by atoms with E-state index in [9.17, 15) is 14.4 Å². The summed E-state index contributed by atoms with van der Waals surface area (Å²) in [5, 5.41) is 5.96. The van der Waals surface area contributed by atoms with Gasteiger partial charge >= 0.3 is 0 Å². The van der Waals surface area contributed by atoms with Gasteiger partial charge in [0.2, 0.25) is 5.91 Å². The van der Waals surface area contributed by atoms with Crippen LogP contribution in [0.2, 0.25) is 0 Å². The largest absolute Gasteiger partial charge is 0.348 e. The second-order valence-electron chi connectivity index (χ2n) is 5.40. The van der Waals surface area contributed by atoms with Crippen LogP contribution in [0, 0.1) is 0 Å². The van der Waals surface area contributed by atoms with Crippen LogP contribution in [0.3, 0.4) is 0 Å². The maximum absolute atomic E-state index is 12.2. The molecule has 2 N–H and O–H groups in total. The predicted octanol–water partition coefficient (Wildman–Crippen LogP) is 1.40. The van der Waals surface area contributed by atoms with Crippen molar-refractivity contribution in [3.05, 3.63) is 35.4 Å². The minimum absolute atomic E-state index is 0. The number of benzene rings is 1. The predicted molar refractivity (Wildman–Crippen MR) is 90.8 cm³/mol. The van der Waals surface area contributed by atoms with Gasteiger partial charge in [-0.05, 0) is 30.7 Å². The molecule has 0 aromatic heterocycles. The Hall–Kier alpha value is -1.57. The molecule has 2 aliphatic heterocycles. The second kappa shape index (κ2) is 7.81. The quantitative estimate of drug-likeness (QED) is 0.853. The lowest BCUT2D eigenvalue weighted by molar-refractivity contribution is -0.125. The van der Waals surface area contributed by atoms with Crippen LogP contribution in [0.15, 0.2) is 24.3 Å². The highest BCUT2D eigenvalue weighted by molar-refractivity contribution is 8.14. The average Bonchev–Trinajstić information content (AvgIpc) is 3.13. The molecule has 0 bridgehead atoms. The zero-order valence-electron chi connectivity index (χ0n) is 12.4. The number of hydrogen-bond donors (Lipinski definition) is 2. The van der Waals surface area contributed by atoms with Crippen molar-refractivity contribution in [3.8, 4) is 0 Å². The fraction of sp³-hybridized carbons (Fsp3) is 0.400. The molecule has 2 fully saturated rings. The van der Waals surface area contributed by atoms with E-state index in [0.29, 0.717) is 5.56 Å². The molecule has 0 spiro atoms. The summed E-state index contributed by atoms with van der Waals surface area (Å²) in [6, 6.07) is 7.23. The van der Waals surface area contributed by atoms with Crippen LogP contribution in [-0.4, -0.2) is 46.8 Å². The van der Waals surface area contributed by atoms with Crippen molar-refractivity contribution in [3.63, 3.8) is 0 Å². The summed E-state index contributed by atoms with van der Waals surface area (Å²) in [5.41, 5.74) is 1.33. The number of nitrogens with one attached hydrogen (secondary N) is 2. The van der Waals surface area contributed by atoms with Crippen molar-refractivity contribution in [2.45, 2.75) is 19.0 Å². The summed E-state index contributed by atoms with van der Waals surface area (Å²) in [6.07, 6.45) is 0.930. The number of carbonyl (C=O) groups is 3. The average molecular weight is 356 g/mol. The van der Waals surface area contributed by atoms with Crippen LogP contribution in [-0.2, 0) is 11.3 Å². The van der Waals surface area contributed by atoms with Gasteiger partial charge in [0.15, 0.2) is 0 Å². The van der Waals surface area contributed by atoms with Crippen molar-refractivity contribution >= 4 is 41.2 Å². The SMILES string of the molecule is Cl.O=C(NC1CCNC1)c1cccc(CN2C(=O)CSC2=O)c1. The van der Waals surface area contributed by atoms with E-state index in [1.165, 1.54) is 4.90 Å². The topological polar surface area (TPSA) is 78.5 Å². The molecule has 6 nitrogen and oxygen atoms in total. The van der Waals surface area contributed by atoms with Crippen LogP contribution >= 0.6 is 24.2 Å². The molecule has 0 saturated carbocycles. The zero-order valence-corrected chi connectivity index (χ0v) is 14.0. The zero-order chi connectivity index (χ0) is 15.5. The third-order valence-corrected chi connectivity index (χ3v) is 4.62. The third kappa shape index (κ3) is 4.25. The summed E-state index contributed by atoms with van der Waals surface area (Å²) in [6.45, 7) is 1.93. The Balaban J connectivity index is 0.00000192. The van der Waals surface area contributed by atoms with Crippen molar-refractivity contribution in [2.75, 3.05) is 18.8 Å². The number of rotatable bonds is 4. The number of carbonyl (C=O) groups excluding carboxylic acids is 3. The first-order valence-corrected chi connectivity index (χ1v) is 8.19. The van der Waals surface area contributed by atoms with Gasteiger partial charge in [0.1, 0.15) is 0 Å². The molecule has 0 radical (unpaired) electrons. The van der Waals surface area contributed by atoms with Gasteiger partial charge in [-0.25, -0.2) is 0 Å². The van der Waals surface area contributed by atoms with Crippen molar-refractivity contribution in [1.29, 1.82) is 0 Å². The smallest absolute Gasteiger partial charge is 0.289 e. The van der Waals surface area contributed by atoms with E-state index in [4.69, 9.17) is 0 Å². The first kappa shape index (κ1) is 17.8. The number of halogens is 1. The van der Waals surface area contributed by atoms with Crippen LogP contribution < -0.4 is 10.6 Å². The molecule has 23 heavy (non-hydrogen) atoms. The van der Waals surface area contributed by atoms with Gasteiger partial charge in [-0.15, -0.1) is 12.4 Å². The van der Waals surface area contributed by atoms with Gasteiger partial charge < -0.3 is 10.6 Å². The lowest BCUT2D eigenvalue weighted by Gasteiger charge is -2.14. The summed E-state index contributed by atoms with van der Waals surface area (Å²) in [7, 11) is 0. The molecule has 2 heterocycles. The summed E-state index contributed by atoms with van der Waals surface area (Å²) in [4.78, 5) is 36.7. The van der Waals surface area contributed by atoms with Gasteiger partial charge in [0.25, 0.3) is 11.1 Å². The fourth-order valence-electron chi connectivity index (χ4n) is 2.57. The molecule has 1 aromatic rings. The minimum Gasteiger partial charge on any atom is -0.348 e. The molecule has 1 atom stereocenters. The van der Waals surface area contributed by atoms with Crippen molar-refractivity contribution in [2.24, 2.45) is 0 Å². The molecule has 3 rings (SSSR count). The normalized spacial score (nSPS) is 20.5. The van der Waals surface area contributed by atoms with E-state index in [1.807, 2.05) is 6.07 Å². The standard InChI is InChI=1S/C15H17N3O3S.ClH/c19-13-9-22-15(21)18(13)8-10-2-1-3-11(6-10)14(20)17-12-4-5-16-7-12;/h1-3,6,12,16H,4-5,7-9H2,(H,17,20);1H. The first-order chi connectivity index (χ1) is 10.6. The van der Waals surface area contributed by atoms with Gasteiger partial charge in [-0.3, -0.25) is 19.3 Å². The van der Waals surface area contributed by atoms with E-state index in [-0.39, 0.29) is 47.8 Å². The van der Waals surface area contributed by atoms with Crippen LogP contribution in [0.4, 0.5) is 4.79 Å². The third-order valence-electron chi connectivity index (χ3n) is 3.77. The monoisotopic (exact) mass is 355 g/mol. The molecule has 2 saturated heterocycles. The molecule has 2 aliphatic rings. The number of nitrogens with zero attached hydrogens (tertiary/aromatic N) is 1. The van der Waals surface area contributed by atoms with Crippen molar-refractivity contribution < 1.29 is 14.4 Å². The highest BCUT2D eigenvalue weighted by Crippen LogP contribution is 2.21. The Morgan fingerprint density at radius 1 is 1.39 bits per heavy atom. The lowest BCUT2D eigenvalue weighted by atomic mass is 10.1. The van der Waals surface area contributed by atoms with Crippen LogP contribution in [0.5, 0.6) is 0 Å². The minimum atomic E-state index is -0.225. The molecule has 1 unspecified atom stereocenters. The summed E-state index contributed by atoms with van der Waals surface area (Å²) >= 11 is 1.02. The molecule has 1 aromatic carbocycles. The van der Waals surface area contributed by atoms with Gasteiger partial charge in [-0.2, -0.15) is 0 Å². The van der Waals surface area contributed by atoms with Gasteiger partial charge in [0.05, 0.1) is 12.3 Å². The number of imide groups is 1. The summed E-state index contributed by atoms with van der Waals surface area (Å²) < 4.78 is 0. The highest BCUT2D eigenvalue weighted by Gasteiger charge is 2.29. The molecule has 124 valence electrons. The Morgan fingerprint density at radius 2 is 2.22 bits per heavy atom. The van der Waals surface area contributed by atoms with Gasteiger partial charge in [0, 0.05) is 18.2 Å². The molecule has 8 heteroatoms. The molecule has 3 amide bonds. The number of thioether (sulfide) groups is 1. The lowest BCUT2D eigenvalue weighted by Crippen LogP contribution is -2.36. The number of amides is 3. The fourth-order valence-corrected chi connectivity index (χ4v) is 3.30. The Bertz CT molecular complexity index is 604. The van der Waals surface area contributed by atoms with E-state index in [0.717, 1.165) is 36.8 Å². The highest BCUT2D eigenvalue weighted by atomic mass is 35.5. The van der Waals surface area contributed by atoms with Crippen molar-refractivity contribution in [1.82, 2.24) is 15.5 Å². The van der Waals surface area contributed by atoms with E-state index in [1.54, 1.807) is 18.2 Å². The van der Waals surface area contributed by atoms with E-state index in [2.05, 4.69) is 10.6 Å². The van der Waals surface area contributed by atoms with E-state index >= 15 is 0 Å².